The molecule has 0 unspecified atom stereocenters. The lowest BCUT2D eigenvalue weighted by Crippen LogP contribution is -2.63. The van der Waals surface area contributed by atoms with Crippen molar-refractivity contribution in [3.63, 3.8) is 0 Å². The molecule has 1 aromatic rings. The van der Waals surface area contributed by atoms with Gasteiger partial charge in [0.05, 0.1) is 5.56 Å². The molecule has 0 amide bonds. The van der Waals surface area contributed by atoms with Crippen molar-refractivity contribution >= 4 is 31.8 Å². The highest BCUT2D eigenvalue weighted by Crippen LogP contribution is 2.47. The number of alkyl halides is 6. The van der Waals surface area contributed by atoms with Gasteiger partial charge in [0.1, 0.15) is 27.2 Å². The standard InChI is InChI=1S/C14H16B2F6O6S/c1-6-9(7(3-15)2-8(4-16)10(6)23)11(24)28-12(13(17,18)19,14(20,21)22)5-29(25,26)27/h2,23H,3-5,15-16H2,1H3,(H,25,26,27). The van der Waals surface area contributed by atoms with E-state index >= 15 is 0 Å². The normalized spacial score (nSPS) is 13.4. The molecule has 6 nitrogen and oxygen atoms in total. The summed E-state index contributed by atoms with van der Waals surface area (Å²) in [7, 11) is -2.81. The number of hydrogen-bond acceptors (Lipinski definition) is 5. The van der Waals surface area contributed by atoms with E-state index in [2.05, 4.69) is 4.74 Å². The van der Waals surface area contributed by atoms with E-state index in [0.29, 0.717) is 5.56 Å². The van der Waals surface area contributed by atoms with E-state index in [1.807, 2.05) is 0 Å². The average molecular weight is 448 g/mol. The summed E-state index contributed by atoms with van der Waals surface area (Å²) in [4.78, 5) is 12.4. The quantitative estimate of drug-likeness (QED) is 0.290. The molecule has 1 rings (SSSR count). The van der Waals surface area contributed by atoms with Crippen molar-refractivity contribution in [2.24, 2.45) is 0 Å². The number of phenolic OH excluding ortho intramolecular Hbond substituents is 1. The molecule has 0 aliphatic heterocycles. The fourth-order valence-electron chi connectivity index (χ4n) is 2.72. The van der Waals surface area contributed by atoms with Crippen LogP contribution in [0, 0.1) is 6.92 Å². The van der Waals surface area contributed by atoms with Gasteiger partial charge in [-0.15, -0.1) is 0 Å². The van der Waals surface area contributed by atoms with Crippen molar-refractivity contribution in [2.45, 2.75) is 37.5 Å². The second-order valence-electron chi connectivity index (χ2n) is 6.19. The number of benzene rings is 1. The first kappa shape index (κ1) is 25.1. The molecule has 29 heavy (non-hydrogen) atoms. The summed E-state index contributed by atoms with van der Waals surface area (Å²) in [5, 5.41) is 10.1. The minimum atomic E-state index is -6.43. The van der Waals surface area contributed by atoms with Gasteiger partial charge in [0.25, 0.3) is 10.1 Å². The maximum atomic E-state index is 13.3. The van der Waals surface area contributed by atoms with Crippen molar-refractivity contribution in [3.8, 4) is 5.75 Å². The molecule has 0 atom stereocenters. The maximum absolute atomic E-state index is 13.3. The van der Waals surface area contributed by atoms with E-state index in [-0.39, 0.29) is 23.8 Å². The number of aromatic hydroxyl groups is 1. The van der Waals surface area contributed by atoms with Crippen LogP contribution in [0.15, 0.2) is 6.07 Å². The number of carbonyl (C=O) groups excluding carboxylic acids is 1. The number of ether oxygens (including phenoxy) is 1. The Morgan fingerprint density at radius 1 is 1.07 bits per heavy atom. The molecule has 0 saturated carbocycles. The van der Waals surface area contributed by atoms with Gasteiger partial charge >= 0.3 is 23.9 Å². The lowest BCUT2D eigenvalue weighted by Gasteiger charge is -2.35. The van der Waals surface area contributed by atoms with Crippen LogP contribution in [0.3, 0.4) is 0 Å². The summed E-state index contributed by atoms with van der Waals surface area (Å²) in [6.45, 7) is 1.09. The van der Waals surface area contributed by atoms with Crippen molar-refractivity contribution in [2.75, 3.05) is 5.75 Å². The Kier molecular flexibility index (Phi) is 7.02. The molecule has 0 fully saturated rings. The van der Waals surface area contributed by atoms with Crippen LogP contribution in [-0.2, 0) is 27.5 Å². The maximum Gasteiger partial charge on any atom is 0.438 e. The van der Waals surface area contributed by atoms with Crippen LogP contribution < -0.4 is 0 Å². The van der Waals surface area contributed by atoms with Gasteiger partial charge in [0, 0.05) is 5.56 Å². The summed E-state index contributed by atoms with van der Waals surface area (Å²) in [6.07, 6.45) is -12.6. The summed E-state index contributed by atoms with van der Waals surface area (Å²) >= 11 is 0. The Bertz CT molecular complexity index is 883. The minimum absolute atomic E-state index is 0.00717. The van der Waals surface area contributed by atoms with Crippen LogP contribution in [0.4, 0.5) is 26.3 Å². The smallest absolute Gasteiger partial charge is 0.438 e. The topological polar surface area (TPSA) is 101 Å². The van der Waals surface area contributed by atoms with E-state index in [1.54, 1.807) is 7.85 Å². The fourth-order valence-corrected chi connectivity index (χ4v) is 3.62. The zero-order chi connectivity index (χ0) is 23.0. The molecular formula is C14H16B2F6O6S. The molecule has 0 aromatic heterocycles. The first-order valence-electron chi connectivity index (χ1n) is 8.08. The monoisotopic (exact) mass is 448 g/mol. The SMILES string of the molecule is BCc1cc(CB)c(C(=O)OC(CS(=O)(=O)O)(C(F)(F)F)C(F)(F)F)c(C)c1O. The third-order valence-electron chi connectivity index (χ3n) is 4.24. The first-order chi connectivity index (χ1) is 12.9. The van der Waals surface area contributed by atoms with E-state index in [9.17, 15) is 44.7 Å². The van der Waals surface area contributed by atoms with Crippen LogP contribution in [0.2, 0.25) is 0 Å². The lowest BCUT2D eigenvalue weighted by atomic mass is 9.85. The van der Waals surface area contributed by atoms with E-state index < -0.39 is 51.1 Å². The summed E-state index contributed by atoms with van der Waals surface area (Å²) < 4.78 is 114. The minimum Gasteiger partial charge on any atom is -0.507 e. The summed E-state index contributed by atoms with van der Waals surface area (Å²) in [6, 6.07) is 1.23. The third-order valence-corrected chi connectivity index (χ3v) is 5.01. The fraction of sp³-hybridized carbons (Fsp3) is 0.500. The predicted molar refractivity (Wildman–Crippen MR) is 94.0 cm³/mol. The molecule has 0 heterocycles. The number of rotatable bonds is 6. The van der Waals surface area contributed by atoms with Gasteiger partial charge in [-0.2, -0.15) is 34.8 Å². The van der Waals surface area contributed by atoms with Crippen molar-refractivity contribution < 1.29 is 54.0 Å². The Hall–Kier alpha value is -1.89. The number of carbonyl (C=O) groups is 1. The first-order valence-corrected chi connectivity index (χ1v) is 9.69. The highest BCUT2D eigenvalue weighted by atomic mass is 32.2. The summed E-state index contributed by atoms with van der Waals surface area (Å²) in [5.74, 6) is -5.63. The lowest BCUT2D eigenvalue weighted by molar-refractivity contribution is -0.356. The Labute approximate surface area is 163 Å². The van der Waals surface area contributed by atoms with Gasteiger partial charge in [-0.05, 0) is 18.1 Å². The molecular weight excluding hydrogens is 432 g/mol. The molecule has 15 heteroatoms. The molecule has 0 radical (unpaired) electrons. The van der Waals surface area contributed by atoms with Crippen LogP contribution in [0.5, 0.6) is 5.75 Å². The molecule has 0 aliphatic carbocycles. The number of phenols is 1. The summed E-state index contributed by atoms with van der Waals surface area (Å²) in [5.41, 5.74) is -6.30. The van der Waals surface area contributed by atoms with Gasteiger partial charge in [-0.3, -0.25) is 4.55 Å². The van der Waals surface area contributed by atoms with Gasteiger partial charge < -0.3 is 9.84 Å². The van der Waals surface area contributed by atoms with Gasteiger partial charge in [-0.1, -0.05) is 18.7 Å². The van der Waals surface area contributed by atoms with Gasteiger partial charge in [-0.25, -0.2) is 4.79 Å². The highest BCUT2D eigenvalue weighted by Gasteiger charge is 2.76. The molecule has 1 aromatic carbocycles. The number of esters is 1. The highest BCUT2D eigenvalue weighted by molar-refractivity contribution is 7.85. The largest absolute Gasteiger partial charge is 0.507 e. The van der Waals surface area contributed by atoms with Gasteiger partial charge in [0.15, 0.2) is 0 Å². The Balaban J connectivity index is 3.72. The van der Waals surface area contributed by atoms with Crippen molar-refractivity contribution in [3.05, 3.63) is 28.3 Å². The van der Waals surface area contributed by atoms with Crippen LogP contribution >= 0.6 is 0 Å². The molecule has 162 valence electrons. The molecule has 2 N–H and O–H groups in total. The van der Waals surface area contributed by atoms with Crippen LogP contribution in [0.1, 0.15) is 27.0 Å². The molecule has 0 saturated heterocycles. The van der Waals surface area contributed by atoms with Gasteiger partial charge in [0.2, 0.25) is 0 Å². The average Bonchev–Trinajstić information content (AvgIpc) is 2.52. The second kappa shape index (κ2) is 8.09. The van der Waals surface area contributed by atoms with Crippen LogP contribution in [-0.4, -0.2) is 63.4 Å². The molecule has 0 spiro atoms. The van der Waals surface area contributed by atoms with E-state index in [4.69, 9.17) is 4.55 Å². The third kappa shape index (κ3) is 5.00. The predicted octanol–water partition coefficient (Wildman–Crippen LogP) is 0.875. The Morgan fingerprint density at radius 2 is 1.52 bits per heavy atom. The number of halogens is 6. The Morgan fingerprint density at radius 3 is 1.86 bits per heavy atom. The zero-order valence-electron chi connectivity index (χ0n) is 15.4. The zero-order valence-corrected chi connectivity index (χ0v) is 16.2. The molecule has 0 aliphatic rings. The number of hydrogen-bond donors (Lipinski definition) is 2. The van der Waals surface area contributed by atoms with E-state index in [1.165, 1.54) is 13.9 Å². The second-order valence-corrected chi connectivity index (χ2v) is 7.64. The van der Waals surface area contributed by atoms with Crippen molar-refractivity contribution in [1.82, 2.24) is 0 Å². The van der Waals surface area contributed by atoms with Crippen LogP contribution in [0.25, 0.3) is 0 Å². The van der Waals surface area contributed by atoms with Crippen molar-refractivity contribution in [1.29, 1.82) is 0 Å². The van der Waals surface area contributed by atoms with E-state index in [0.717, 1.165) is 6.92 Å². The molecule has 0 bridgehead atoms.